The first kappa shape index (κ1) is 16.3. The molecule has 1 aliphatic rings. The monoisotopic (exact) mass is 313 g/mol. The van der Waals surface area contributed by atoms with Crippen LogP contribution in [-0.4, -0.2) is 36.0 Å². The lowest BCUT2D eigenvalue weighted by Gasteiger charge is -2.22. The molecule has 21 heavy (non-hydrogen) atoms. The third kappa shape index (κ3) is 5.00. The van der Waals surface area contributed by atoms with Crippen LogP contribution in [0.15, 0.2) is 23.1 Å². The standard InChI is InChI=1S/C16H24FNO2S/c1-21(2,19)16-6-5-14(12-15(16)17)20-11-3-4-13-7-9-18-10-8-13/h5-6,12-13,18H,1,3-4,7-11H2,2H3. The van der Waals surface area contributed by atoms with Crippen LogP contribution in [0.5, 0.6) is 5.75 Å². The highest BCUT2D eigenvalue weighted by Crippen LogP contribution is 2.22. The van der Waals surface area contributed by atoms with E-state index < -0.39 is 15.3 Å². The molecule has 0 spiro atoms. The molecule has 3 nitrogen and oxygen atoms in total. The quantitative estimate of drug-likeness (QED) is 0.648. The van der Waals surface area contributed by atoms with Crippen molar-refractivity contribution in [2.45, 2.75) is 30.6 Å². The summed E-state index contributed by atoms with van der Waals surface area (Å²) in [5.74, 6) is 4.27. The molecule has 0 aromatic heterocycles. The lowest BCUT2D eigenvalue weighted by molar-refractivity contribution is 0.272. The predicted molar refractivity (Wildman–Crippen MR) is 86.2 cm³/mol. The minimum absolute atomic E-state index is 0.157. The smallest absolute Gasteiger partial charge is 0.142 e. The Labute approximate surface area is 126 Å². The van der Waals surface area contributed by atoms with E-state index in [0.29, 0.717) is 12.4 Å². The molecule has 2 rings (SSSR count). The van der Waals surface area contributed by atoms with E-state index in [1.807, 2.05) is 0 Å². The number of halogens is 1. The molecule has 1 fully saturated rings. The zero-order chi connectivity index (χ0) is 15.3. The fourth-order valence-electron chi connectivity index (χ4n) is 2.65. The van der Waals surface area contributed by atoms with Crippen molar-refractivity contribution in [1.82, 2.24) is 5.32 Å². The van der Waals surface area contributed by atoms with Crippen LogP contribution in [0, 0.1) is 11.7 Å². The normalized spacial score (nSPS) is 19.1. The van der Waals surface area contributed by atoms with Crippen LogP contribution in [-0.2, 0) is 9.52 Å². The lowest BCUT2D eigenvalue weighted by atomic mass is 9.93. The van der Waals surface area contributed by atoms with Gasteiger partial charge in [-0.3, -0.25) is 4.21 Å². The number of hydrogen-bond acceptors (Lipinski definition) is 3. The van der Waals surface area contributed by atoms with Crippen molar-refractivity contribution in [3.05, 3.63) is 24.0 Å². The highest BCUT2D eigenvalue weighted by atomic mass is 32.2. The molecule has 1 heterocycles. The van der Waals surface area contributed by atoms with Gasteiger partial charge in [-0.15, -0.1) is 0 Å². The first-order valence-corrected chi connectivity index (χ1v) is 9.55. The van der Waals surface area contributed by atoms with Crippen LogP contribution in [0.2, 0.25) is 0 Å². The Balaban J connectivity index is 1.79. The van der Waals surface area contributed by atoms with Gasteiger partial charge >= 0.3 is 0 Å². The summed E-state index contributed by atoms with van der Waals surface area (Å²) in [5, 5.41) is 3.35. The third-order valence-corrected chi connectivity index (χ3v) is 5.11. The summed E-state index contributed by atoms with van der Waals surface area (Å²) in [5.41, 5.74) is 0. The summed E-state index contributed by atoms with van der Waals surface area (Å²) >= 11 is 0. The van der Waals surface area contributed by atoms with Gasteiger partial charge in [-0.05, 0) is 72.2 Å². The SMILES string of the molecule is C=S(C)(=O)c1ccc(OCCCC2CCNCC2)cc1F. The molecule has 0 aliphatic carbocycles. The fraction of sp³-hybridized carbons (Fsp3) is 0.562. The molecule has 1 atom stereocenters. The van der Waals surface area contributed by atoms with Gasteiger partial charge in [0.2, 0.25) is 0 Å². The number of hydrogen-bond donors (Lipinski definition) is 1. The summed E-state index contributed by atoms with van der Waals surface area (Å²) in [4.78, 5) is 0.157. The van der Waals surface area contributed by atoms with Crippen molar-refractivity contribution in [2.24, 2.45) is 5.92 Å². The molecule has 1 unspecified atom stereocenters. The molecule has 1 aromatic carbocycles. The molecule has 0 radical (unpaired) electrons. The topological polar surface area (TPSA) is 38.3 Å². The second-order valence-corrected chi connectivity index (χ2v) is 8.23. The van der Waals surface area contributed by atoms with Gasteiger partial charge in [0.05, 0.1) is 11.5 Å². The van der Waals surface area contributed by atoms with Gasteiger partial charge in [0.1, 0.15) is 11.6 Å². The maximum atomic E-state index is 13.8. The highest BCUT2D eigenvalue weighted by Gasteiger charge is 2.13. The van der Waals surface area contributed by atoms with Gasteiger partial charge < -0.3 is 10.1 Å². The van der Waals surface area contributed by atoms with Gasteiger partial charge in [-0.1, -0.05) is 0 Å². The Hall–Kier alpha value is -1.07. The molecule has 0 saturated carbocycles. The van der Waals surface area contributed by atoms with E-state index in [2.05, 4.69) is 11.2 Å². The van der Waals surface area contributed by atoms with E-state index in [0.717, 1.165) is 31.8 Å². The summed E-state index contributed by atoms with van der Waals surface area (Å²) in [6, 6.07) is 4.47. The number of rotatable bonds is 6. The number of ether oxygens (including phenoxy) is 1. The molecule has 1 aliphatic heterocycles. The summed E-state index contributed by atoms with van der Waals surface area (Å²) in [7, 11) is -2.53. The van der Waals surface area contributed by atoms with Crippen molar-refractivity contribution < 1.29 is 13.3 Å². The van der Waals surface area contributed by atoms with E-state index in [1.54, 1.807) is 6.07 Å². The van der Waals surface area contributed by atoms with Crippen LogP contribution in [0.1, 0.15) is 25.7 Å². The molecular weight excluding hydrogens is 289 g/mol. The lowest BCUT2D eigenvalue weighted by Crippen LogP contribution is -2.27. The van der Waals surface area contributed by atoms with Crippen molar-refractivity contribution >= 4 is 15.4 Å². The van der Waals surface area contributed by atoms with E-state index in [4.69, 9.17) is 4.74 Å². The maximum Gasteiger partial charge on any atom is 0.142 e. The van der Waals surface area contributed by atoms with Crippen molar-refractivity contribution in [1.29, 1.82) is 0 Å². The summed E-state index contributed by atoms with van der Waals surface area (Å²) in [6.45, 7) is 2.81. The first-order chi connectivity index (χ1) is 9.97. The summed E-state index contributed by atoms with van der Waals surface area (Å²) in [6.07, 6.45) is 6.04. The van der Waals surface area contributed by atoms with E-state index in [1.165, 1.54) is 31.2 Å². The van der Waals surface area contributed by atoms with Crippen LogP contribution < -0.4 is 10.1 Å². The minimum Gasteiger partial charge on any atom is -0.493 e. The first-order valence-electron chi connectivity index (χ1n) is 7.42. The van der Waals surface area contributed by atoms with E-state index >= 15 is 0 Å². The van der Waals surface area contributed by atoms with Gasteiger partial charge in [0.25, 0.3) is 0 Å². The molecule has 5 heteroatoms. The highest BCUT2D eigenvalue weighted by molar-refractivity contribution is 7.99. The maximum absolute atomic E-state index is 13.8. The third-order valence-electron chi connectivity index (χ3n) is 3.85. The van der Waals surface area contributed by atoms with Crippen LogP contribution in [0.3, 0.4) is 0 Å². The Morgan fingerprint density at radius 3 is 2.76 bits per heavy atom. The van der Waals surface area contributed by atoms with E-state index in [-0.39, 0.29) is 4.90 Å². The molecule has 0 bridgehead atoms. The molecular formula is C16H24FNO2S. The van der Waals surface area contributed by atoms with Gasteiger partial charge in [0.15, 0.2) is 0 Å². The van der Waals surface area contributed by atoms with Crippen molar-refractivity contribution in [3.63, 3.8) is 0 Å². The van der Waals surface area contributed by atoms with Gasteiger partial charge in [0, 0.05) is 12.3 Å². The number of nitrogens with one attached hydrogen (secondary N) is 1. The Morgan fingerprint density at radius 1 is 1.43 bits per heavy atom. The van der Waals surface area contributed by atoms with Crippen LogP contribution in [0.4, 0.5) is 4.39 Å². The Kier molecular flexibility index (Phi) is 5.65. The average Bonchev–Trinajstić information content (AvgIpc) is 2.43. The fourth-order valence-corrected chi connectivity index (χ4v) is 3.48. The second-order valence-electron chi connectivity index (χ2n) is 5.78. The molecule has 1 N–H and O–H groups in total. The molecule has 0 amide bonds. The zero-order valence-electron chi connectivity index (χ0n) is 12.6. The van der Waals surface area contributed by atoms with Gasteiger partial charge in [-0.2, -0.15) is 0 Å². The number of piperidine rings is 1. The average molecular weight is 313 g/mol. The number of benzene rings is 1. The van der Waals surface area contributed by atoms with Crippen molar-refractivity contribution in [3.8, 4) is 5.75 Å². The van der Waals surface area contributed by atoms with Gasteiger partial charge in [-0.25, -0.2) is 4.39 Å². The second kappa shape index (κ2) is 7.27. The van der Waals surface area contributed by atoms with Crippen LogP contribution >= 0.6 is 0 Å². The minimum atomic E-state index is -2.53. The molecule has 1 aromatic rings. The Morgan fingerprint density at radius 2 is 2.14 bits per heavy atom. The largest absolute Gasteiger partial charge is 0.493 e. The zero-order valence-corrected chi connectivity index (χ0v) is 13.4. The Bertz CT molecular complexity index is 566. The molecule has 1 saturated heterocycles. The summed E-state index contributed by atoms with van der Waals surface area (Å²) < 4.78 is 31.2. The van der Waals surface area contributed by atoms with Crippen molar-refractivity contribution in [2.75, 3.05) is 26.0 Å². The van der Waals surface area contributed by atoms with Crippen LogP contribution in [0.25, 0.3) is 0 Å². The van der Waals surface area contributed by atoms with E-state index in [9.17, 15) is 8.60 Å². The molecule has 118 valence electrons. The predicted octanol–water partition coefficient (Wildman–Crippen LogP) is 2.69.